The highest BCUT2D eigenvalue weighted by Gasteiger charge is 2.23. The highest BCUT2D eigenvalue weighted by atomic mass is 35.5. The first-order valence-corrected chi connectivity index (χ1v) is 5.19. The normalized spacial score (nSPS) is 20.4. The number of nitrogens with two attached hydrogens (primary N) is 1. The average molecular weight is 245 g/mol. The minimum absolute atomic E-state index is 0. The van der Waals surface area contributed by atoms with Crippen molar-refractivity contribution in [2.24, 2.45) is 12.8 Å². The molecule has 0 radical (unpaired) electrons. The molecule has 1 aromatic heterocycles. The van der Waals surface area contributed by atoms with E-state index in [2.05, 4.69) is 4.98 Å². The molecule has 1 aliphatic rings. The molecule has 1 aliphatic heterocycles. The van der Waals surface area contributed by atoms with Crippen molar-refractivity contribution in [3.05, 3.63) is 18.2 Å². The lowest BCUT2D eigenvalue weighted by Crippen LogP contribution is -2.45. The van der Waals surface area contributed by atoms with Crippen molar-refractivity contribution in [2.45, 2.75) is 18.9 Å². The number of halogens is 1. The van der Waals surface area contributed by atoms with Crippen LogP contribution in [0.5, 0.6) is 0 Å². The van der Waals surface area contributed by atoms with Crippen molar-refractivity contribution in [3.63, 3.8) is 0 Å². The van der Waals surface area contributed by atoms with Crippen LogP contribution in [0.25, 0.3) is 0 Å². The number of rotatable bonds is 1. The molecule has 0 saturated carbocycles. The lowest BCUT2D eigenvalue weighted by molar-refractivity contribution is 0.0703. The summed E-state index contributed by atoms with van der Waals surface area (Å²) in [5.74, 6) is -0.00856. The van der Waals surface area contributed by atoms with E-state index in [1.165, 1.54) is 0 Å². The van der Waals surface area contributed by atoms with Gasteiger partial charge in [0.15, 0.2) is 0 Å². The molecule has 0 aromatic carbocycles. The van der Waals surface area contributed by atoms with E-state index in [-0.39, 0.29) is 24.4 Å². The molecule has 0 spiro atoms. The highest BCUT2D eigenvalue weighted by molar-refractivity contribution is 5.92. The van der Waals surface area contributed by atoms with Gasteiger partial charge in [0.25, 0.3) is 5.91 Å². The summed E-state index contributed by atoms with van der Waals surface area (Å²) in [6.07, 6.45) is 5.37. The Morgan fingerprint density at radius 3 is 2.94 bits per heavy atom. The third-order valence-electron chi connectivity index (χ3n) is 2.67. The van der Waals surface area contributed by atoms with Gasteiger partial charge < -0.3 is 15.2 Å². The van der Waals surface area contributed by atoms with Gasteiger partial charge in [-0.3, -0.25) is 4.79 Å². The molecule has 0 bridgehead atoms. The summed E-state index contributed by atoms with van der Waals surface area (Å²) < 4.78 is 1.77. The van der Waals surface area contributed by atoms with Crippen LogP contribution < -0.4 is 5.73 Å². The topological polar surface area (TPSA) is 64.2 Å². The smallest absolute Gasteiger partial charge is 0.274 e. The van der Waals surface area contributed by atoms with Crippen LogP contribution in [0.3, 0.4) is 0 Å². The van der Waals surface area contributed by atoms with Crippen molar-refractivity contribution in [3.8, 4) is 0 Å². The Balaban J connectivity index is 0.00000128. The number of aromatic nitrogens is 2. The third-order valence-corrected chi connectivity index (χ3v) is 2.67. The molecular formula is C10H17ClN4O. The van der Waals surface area contributed by atoms with Crippen molar-refractivity contribution in [1.29, 1.82) is 0 Å². The van der Waals surface area contributed by atoms with Crippen LogP contribution in [0.2, 0.25) is 0 Å². The zero-order chi connectivity index (χ0) is 10.8. The van der Waals surface area contributed by atoms with E-state index in [0.717, 1.165) is 19.4 Å². The fourth-order valence-corrected chi connectivity index (χ4v) is 1.88. The maximum absolute atomic E-state index is 12.0. The van der Waals surface area contributed by atoms with Crippen LogP contribution in [-0.2, 0) is 7.05 Å². The molecule has 1 saturated heterocycles. The molecule has 2 rings (SSSR count). The first-order chi connectivity index (χ1) is 7.16. The summed E-state index contributed by atoms with van der Waals surface area (Å²) in [7, 11) is 1.85. The number of carbonyl (C=O) groups is 1. The predicted molar refractivity (Wildman–Crippen MR) is 63.6 cm³/mol. The second kappa shape index (κ2) is 5.32. The number of hydrogen-bond donors (Lipinski definition) is 1. The minimum atomic E-state index is -0.00856. The van der Waals surface area contributed by atoms with Gasteiger partial charge in [-0.1, -0.05) is 0 Å². The van der Waals surface area contributed by atoms with Gasteiger partial charge in [0.05, 0.1) is 6.33 Å². The van der Waals surface area contributed by atoms with E-state index in [1.54, 1.807) is 22.0 Å². The summed E-state index contributed by atoms with van der Waals surface area (Å²) in [6, 6.07) is 0.117. The average Bonchev–Trinajstić information content (AvgIpc) is 2.64. The number of hydrogen-bond acceptors (Lipinski definition) is 3. The van der Waals surface area contributed by atoms with Crippen molar-refractivity contribution < 1.29 is 4.79 Å². The van der Waals surface area contributed by atoms with Crippen molar-refractivity contribution >= 4 is 18.3 Å². The lowest BCUT2D eigenvalue weighted by atomic mass is 10.1. The molecule has 6 heteroatoms. The molecule has 1 unspecified atom stereocenters. The quantitative estimate of drug-likeness (QED) is 0.778. The predicted octanol–water partition coefficient (Wildman–Crippen LogP) is 0.405. The summed E-state index contributed by atoms with van der Waals surface area (Å²) in [4.78, 5) is 17.8. The van der Waals surface area contributed by atoms with Gasteiger partial charge in [-0.2, -0.15) is 0 Å². The van der Waals surface area contributed by atoms with Gasteiger partial charge in [0, 0.05) is 32.4 Å². The number of imidazole rings is 1. The van der Waals surface area contributed by atoms with Crippen molar-refractivity contribution in [1.82, 2.24) is 14.5 Å². The first kappa shape index (κ1) is 13.0. The van der Waals surface area contributed by atoms with E-state index >= 15 is 0 Å². The molecule has 1 amide bonds. The molecule has 0 aliphatic carbocycles. The molecule has 90 valence electrons. The zero-order valence-electron chi connectivity index (χ0n) is 9.30. The van der Waals surface area contributed by atoms with Gasteiger partial charge in [-0.05, 0) is 12.8 Å². The maximum Gasteiger partial charge on any atom is 0.274 e. The second-order valence-corrected chi connectivity index (χ2v) is 4.08. The fourth-order valence-electron chi connectivity index (χ4n) is 1.88. The molecule has 1 fully saturated rings. The Morgan fingerprint density at radius 2 is 2.38 bits per heavy atom. The van der Waals surface area contributed by atoms with E-state index in [4.69, 9.17) is 5.73 Å². The van der Waals surface area contributed by atoms with E-state index < -0.39 is 0 Å². The molecule has 5 nitrogen and oxygen atoms in total. The molecule has 16 heavy (non-hydrogen) atoms. The summed E-state index contributed by atoms with van der Waals surface area (Å²) >= 11 is 0. The molecule has 2 heterocycles. The van der Waals surface area contributed by atoms with Gasteiger partial charge in [0.1, 0.15) is 5.69 Å². The monoisotopic (exact) mass is 244 g/mol. The molecule has 2 N–H and O–H groups in total. The Hall–Kier alpha value is -1.07. The zero-order valence-corrected chi connectivity index (χ0v) is 10.1. The molecule has 1 atom stereocenters. The fraction of sp³-hybridized carbons (Fsp3) is 0.600. The SMILES string of the molecule is Cl.Cn1cnc(C(=O)N2CCCC(N)C2)c1. The number of piperidine rings is 1. The number of aryl methyl sites for hydroxylation is 1. The Morgan fingerprint density at radius 1 is 1.62 bits per heavy atom. The third kappa shape index (κ3) is 2.74. The van der Waals surface area contributed by atoms with Crippen LogP contribution in [0, 0.1) is 0 Å². The van der Waals surface area contributed by atoms with Crippen LogP contribution in [-0.4, -0.2) is 39.5 Å². The number of likely N-dealkylation sites (tertiary alicyclic amines) is 1. The summed E-state index contributed by atoms with van der Waals surface area (Å²) in [6.45, 7) is 1.44. The first-order valence-electron chi connectivity index (χ1n) is 5.19. The van der Waals surface area contributed by atoms with Crippen molar-refractivity contribution in [2.75, 3.05) is 13.1 Å². The van der Waals surface area contributed by atoms with Crippen LogP contribution in [0.15, 0.2) is 12.5 Å². The van der Waals surface area contributed by atoms with E-state index in [1.807, 2.05) is 7.05 Å². The Kier molecular flexibility index (Phi) is 4.32. The number of amides is 1. The van der Waals surface area contributed by atoms with E-state index in [0.29, 0.717) is 12.2 Å². The largest absolute Gasteiger partial charge is 0.340 e. The highest BCUT2D eigenvalue weighted by Crippen LogP contribution is 2.11. The molecule has 1 aromatic rings. The van der Waals surface area contributed by atoms with Crippen LogP contribution >= 0.6 is 12.4 Å². The van der Waals surface area contributed by atoms with Crippen LogP contribution in [0.4, 0.5) is 0 Å². The standard InChI is InChI=1S/C10H16N4O.ClH/c1-13-6-9(12-7-13)10(15)14-4-2-3-8(11)5-14;/h6-8H,2-5,11H2,1H3;1H. The number of carbonyl (C=O) groups excluding carboxylic acids is 1. The summed E-state index contributed by atoms with van der Waals surface area (Å²) in [5, 5.41) is 0. The molecular weight excluding hydrogens is 228 g/mol. The van der Waals surface area contributed by atoms with Gasteiger partial charge >= 0.3 is 0 Å². The lowest BCUT2D eigenvalue weighted by Gasteiger charge is -2.30. The van der Waals surface area contributed by atoms with Gasteiger partial charge in [0.2, 0.25) is 0 Å². The Bertz CT molecular complexity index is 365. The van der Waals surface area contributed by atoms with E-state index in [9.17, 15) is 4.79 Å². The Labute approximate surface area is 101 Å². The van der Waals surface area contributed by atoms with Gasteiger partial charge in [-0.25, -0.2) is 4.98 Å². The minimum Gasteiger partial charge on any atom is -0.340 e. The maximum atomic E-state index is 12.0. The second-order valence-electron chi connectivity index (χ2n) is 4.08. The van der Waals surface area contributed by atoms with Crippen LogP contribution in [0.1, 0.15) is 23.3 Å². The summed E-state index contributed by atoms with van der Waals surface area (Å²) in [5.41, 5.74) is 6.33. The van der Waals surface area contributed by atoms with Gasteiger partial charge in [-0.15, -0.1) is 12.4 Å². The number of nitrogens with zero attached hydrogens (tertiary/aromatic N) is 3.